The van der Waals surface area contributed by atoms with Gasteiger partial charge in [-0.15, -0.1) is 35.7 Å². The molecule has 0 amide bonds. The van der Waals surface area contributed by atoms with E-state index in [4.69, 9.17) is 0 Å². The summed E-state index contributed by atoms with van der Waals surface area (Å²) >= 11 is 1.99. The molecule has 3 heteroatoms. The highest BCUT2D eigenvalue weighted by Gasteiger charge is 2.17. The Labute approximate surface area is 196 Å². The van der Waals surface area contributed by atoms with Crippen LogP contribution in [-0.2, 0) is 0 Å². The summed E-state index contributed by atoms with van der Waals surface area (Å²) in [5.74, 6) is 1.15. The van der Waals surface area contributed by atoms with E-state index < -0.39 is 0 Å². The zero-order chi connectivity index (χ0) is 19.0. The van der Waals surface area contributed by atoms with Crippen molar-refractivity contribution in [1.82, 2.24) is 0 Å². The minimum Gasteiger partial charge on any atom is -0.361 e. The Balaban J connectivity index is 0.00000392. The van der Waals surface area contributed by atoms with Crippen LogP contribution in [0.4, 0.5) is 5.69 Å². The highest BCUT2D eigenvalue weighted by molar-refractivity contribution is 14.0. The van der Waals surface area contributed by atoms with E-state index in [9.17, 15) is 0 Å². The number of thioether (sulfide) groups is 1. The van der Waals surface area contributed by atoms with Crippen LogP contribution in [0.15, 0.2) is 29.2 Å². The highest BCUT2D eigenvalue weighted by atomic mass is 127. The topological polar surface area (TPSA) is 3.24 Å². The predicted molar refractivity (Wildman–Crippen MR) is 139 cm³/mol. The molecule has 1 aromatic carbocycles. The van der Waals surface area contributed by atoms with Crippen molar-refractivity contribution in [2.24, 2.45) is 0 Å². The molecule has 0 spiro atoms. The number of nitrogens with zero attached hydrogens (tertiary/aromatic N) is 1. The molecule has 1 aliphatic rings. The second kappa shape index (κ2) is 17.9. The molecule has 0 radical (unpaired) electrons. The largest absolute Gasteiger partial charge is 0.361 e. The molecule has 1 heterocycles. The minimum atomic E-state index is 0. The van der Waals surface area contributed by atoms with Crippen LogP contribution >= 0.6 is 35.7 Å². The van der Waals surface area contributed by atoms with Gasteiger partial charge < -0.3 is 4.90 Å². The van der Waals surface area contributed by atoms with E-state index in [0.717, 1.165) is 5.88 Å². The molecule has 0 saturated carbocycles. The molecule has 0 unspecified atom stereocenters. The van der Waals surface area contributed by atoms with E-state index in [1.54, 1.807) is 0 Å². The summed E-state index contributed by atoms with van der Waals surface area (Å²) in [6.07, 6.45) is 23.1. The first-order valence-electron chi connectivity index (χ1n) is 11.9. The van der Waals surface area contributed by atoms with Crippen molar-refractivity contribution >= 4 is 41.4 Å². The SMILES string of the molecule is CCCCCCCCCCCCCCCCCCN1CSc2ccccc21.I. The van der Waals surface area contributed by atoms with E-state index in [-0.39, 0.29) is 24.0 Å². The lowest BCUT2D eigenvalue weighted by atomic mass is 10.0. The van der Waals surface area contributed by atoms with Crippen molar-refractivity contribution in [2.45, 2.75) is 115 Å². The van der Waals surface area contributed by atoms with Crippen LogP contribution in [-0.4, -0.2) is 12.4 Å². The maximum absolute atomic E-state index is 2.56. The van der Waals surface area contributed by atoms with Crippen LogP contribution in [0.5, 0.6) is 0 Å². The molecular weight excluding hydrogens is 473 g/mol. The smallest absolute Gasteiger partial charge is 0.0686 e. The summed E-state index contributed by atoms with van der Waals surface area (Å²) in [7, 11) is 0. The third kappa shape index (κ3) is 11.3. The molecule has 1 aromatic rings. The van der Waals surface area contributed by atoms with Crippen LogP contribution in [0, 0.1) is 0 Å². The average molecular weight is 518 g/mol. The molecule has 1 nitrogen and oxygen atoms in total. The zero-order valence-electron chi connectivity index (χ0n) is 18.3. The lowest BCUT2D eigenvalue weighted by Gasteiger charge is -2.18. The van der Waals surface area contributed by atoms with Gasteiger partial charge in [-0.1, -0.05) is 115 Å². The van der Waals surface area contributed by atoms with E-state index in [2.05, 4.69) is 36.1 Å². The maximum atomic E-state index is 2.56. The van der Waals surface area contributed by atoms with Gasteiger partial charge in [0.25, 0.3) is 0 Å². The summed E-state index contributed by atoms with van der Waals surface area (Å²) in [5, 5.41) is 0. The third-order valence-corrected chi connectivity index (χ3v) is 6.96. The van der Waals surface area contributed by atoms with Gasteiger partial charge in [-0.3, -0.25) is 0 Å². The number of fused-ring (bicyclic) bond motifs is 1. The number of anilines is 1. The number of unbranched alkanes of at least 4 members (excludes halogenated alkanes) is 15. The summed E-state index contributed by atoms with van der Waals surface area (Å²) in [6, 6.07) is 8.87. The van der Waals surface area contributed by atoms with E-state index in [1.807, 2.05) is 11.8 Å². The lowest BCUT2D eigenvalue weighted by Crippen LogP contribution is -2.20. The van der Waals surface area contributed by atoms with Crippen molar-refractivity contribution < 1.29 is 0 Å². The Bertz CT molecular complexity index is 479. The maximum Gasteiger partial charge on any atom is 0.0686 e. The number of halogens is 1. The van der Waals surface area contributed by atoms with Crippen LogP contribution in [0.25, 0.3) is 0 Å². The van der Waals surface area contributed by atoms with Crippen molar-refractivity contribution in [3.05, 3.63) is 24.3 Å². The molecule has 0 bridgehead atoms. The first-order chi connectivity index (χ1) is 13.4. The van der Waals surface area contributed by atoms with Gasteiger partial charge in [0.05, 0.1) is 11.6 Å². The van der Waals surface area contributed by atoms with Crippen molar-refractivity contribution in [2.75, 3.05) is 17.3 Å². The van der Waals surface area contributed by atoms with Gasteiger partial charge in [0.1, 0.15) is 0 Å². The first-order valence-corrected chi connectivity index (χ1v) is 12.9. The lowest BCUT2D eigenvalue weighted by molar-refractivity contribution is 0.529. The zero-order valence-corrected chi connectivity index (χ0v) is 21.4. The molecule has 0 saturated heterocycles. The quantitative estimate of drug-likeness (QED) is 0.150. The van der Waals surface area contributed by atoms with Crippen LogP contribution < -0.4 is 4.90 Å². The van der Waals surface area contributed by atoms with Crippen molar-refractivity contribution in [1.29, 1.82) is 0 Å². The van der Waals surface area contributed by atoms with Crippen molar-refractivity contribution in [3.8, 4) is 0 Å². The number of hydrogen-bond acceptors (Lipinski definition) is 2. The van der Waals surface area contributed by atoms with Gasteiger partial charge in [-0.2, -0.15) is 0 Å². The van der Waals surface area contributed by atoms with Crippen LogP contribution in [0.1, 0.15) is 110 Å². The summed E-state index contributed by atoms with van der Waals surface area (Å²) in [5.41, 5.74) is 1.46. The third-order valence-electron chi connectivity index (χ3n) is 5.86. The number of hydrogen-bond donors (Lipinski definition) is 0. The van der Waals surface area contributed by atoms with Gasteiger partial charge >= 0.3 is 0 Å². The molecular formula is C25H44INS. The fraction of sp³-hybridized carbons (Fsp3) is 0.760. The second-order valence-electron chi connectivity index (χ2n) is 8.31. The fourth-order valence-electron chi connectivity index (χ4n) is 4.09. The van der Waals surface area contributed by atoms with Gasteiger partial charge in [0, 0.05) is 11.4 Å². The molecule has 0 fully saturated rings. The van der Waals surface area contributed by atoms with E-state index in [0.29, 0.717) is 0 Å². The molecule has 2 rings (SSSR count). The van der Waals surface area contributed by atoms with Crippen LogP contribution in [0.3, 0.4) is 0 Å². The number of para-hydroxylation sites is 1. The molecule has 28 heavy (non-hydrogen) atoms. The monoisotopic (exact) mass is 517 g/mol. The van der Waals surface area contributed by atoms with Gasteiger partial charge in [-0.05, 0) is 18.6 Å². The molecule has 0 atom stereocenters. The Kier molecular flexibility index (Phi) is 16.7. The van der Waals surface area contributed by atoms with E-state index >= 15 is 0 Å². The molecule has 0 N–H and O–H groups in total. The normalized spacial score (nSPS) is 12.8. The second-order valence-corrected chi connectivity index (χ2v) is 9.29. The number of benzene rings is 1. The molecule has 0 aliphatic carbocycles. The highest BCUT2D eigenvalue weighted by Crippen LogP contribution is 2.37. The minimum absolute atomic E-state index is 0. The first kappa shape index (κ1) is 26.1. The van der Waals surface area contributed by atoms with Gasteiger partial charge in [-0.25, -0.2) is 0 Å². The predicted octanol–water partition coefficient (Wildman–Crippen LogP) is 9.44. The van der Waals surface area contributed by atoms with E-state index in [1.165, 1.54) is 120 Å². The summed E-state index contributed by atoms with van der Waals surface area (Å²) in [4.78, 5) is 4.03. The van der Waals surface area contributed by atoms with Gasteiger partial charge in [0.2, 0.25) is 0 Å². The Hall–Kier alpha value is 0.100. The Morgan fingerprint density at radius 3 is 1.68 bits per heavy atom. The Morgan fingerprint density at radius 1 is 0.679 bits per heavy atom. The average Bonchev–Trinajstić information content (AvgIpc) is 3.11. The fourth-order valence-corrected chi connectivity index (χ4v) is 5.18. The molecule has 0 aromatic heterocycles. The summed E-state index contributed by atoms with van der Waals surface area (Å²) in [6.45, 7) is 3.54. The summed E-state index contributed by atoms with van der Waals surface area (Å²) < 4.78 is 0. The van der Waals surface area contributed by atoms with Crippen molar-refractivity contribution in [3.63, 3.8) is 0 Å². The number of rotatable bonds is 17. The standard InChI is InChI=1S/C25H43NS.HI/c1-2-3-4-5-6-7-8-9-10-11-12-13-14-15-16-19-22-26-23-27-25-21-18-17-20-24(25)26;/h17-18,20-21H,2-16,19,22-23H2,1H3;1H. The molecule has 162 valence electrons. The van der Waals surface area contributed by atoms with Crippen LogP contribution in [0.2, 0.25) is 0 Å². The van der Waals surface area contributed by atoms with Gasteiger partial charge in [0.15, 0.2) is 0 Å². The molecule has 1 aliphatic heterocycles. The Morgan fingerprint density at radius 2 is 1.14 bits per heavy atom.